The van der Waals surface area contributed by atoms with Crippen molar-refractivity contribution in [1.82, 2.24) is 15.0 Å². The Balaban J connectivity index is 1.80. The molecule has 1 N–H and O–H groups in total. The van der Waals surface area contributed by atoms with Crippen molar-refractivity contribution >= 4 is 26.6 Å². The smallest absolute Gasteiger partial charge is 0.184 e. The van der Waals surface area contributed by atoms with E-state index in [1.165, 1.54) is 25.5 Å². The lowest BCUT2D eigenvalue weighted by molar-refractivity contribution is 0.122. The Labute approximate surface area is 179 Å². The van der Waals surface area contributed by atoms with E-state index >= 15 is 0 Å². The Kier molecular flexibility index (Phi) is 4.67. The van der Waals surface area contributed by atoms with Crippen LogP contribution in [0.25, 0.3) is 22.3 Å². The molecule has 5 rings (SSSR count). The third-order valence-electron chi connectivity index (χ3n) is 6.08. The Morgan fingerprint density at radius 3 is 2.61 bits per heavy atom. The van der Waals surface area contributed by atoms with Gasteiger partial charge in [-0.15, -0.1) is 0 Å². The molecule has 0 radical (unpaired) electrons. The van der Waals surface area contributed by atoms with Crippen LogP contribution >= 0.6 is 0 Å². The van der Waals surface area contributed by atoms with Gasteiger partial charge >= 0.3 is 0 Å². The number of nitrogens with one attached hydrogen (secondary N) is 1. The molecule has 1 saturated heterocycles. The monoisotopic (exact) mass is 446 g/mol. The zero-order chi connectivity index (χ0) is 21.8. The van der Waals surface area contributed by atoms with Crippen LogP contribution in [0.5, 0.6) is 5.75 Å². The summed E-state index contributed by atoms with van der Waals surface area (Å²) in [6, 6.07) is 4.62. The van der Waals surface area contributed by atoms with Gasteiger partial charge in [0.1, 0.15) is 16.3 Å². The average molecular weight is 447 g/mol. The number of hydrogen-bond acceptors (Lipinski definition) is 7. The molecule has 10 heteroatoms. The van der Waals surface area contributed by atoms with Crippen LogP contribution in [0.15, 0.2) is 24.4 Å². The first-order valence-corrected chi connectivity index (χ1v) is 12.0. The maximum atomic E-state index is 14.4. The van der Waals surface area contributed by atoms with Crippen LogP contribution in [0.2, 0.25) is 0 Å². The number of benzene rings is 1. The molecule has 1 aromatic carbocycles. The van der Waals surface area contributed by atoms with Crippen molar-refractivity contribution in [3.05, 3.63) is 35.9 Å². The molecule has 0 spiro atoms. The van der Waals surface area contributed by atoms with Gasteiger partial charge in [-0.3, -0.25) is 0 Å². The van der Waals surface area contributed by atoms with Gasteiger partial charge < -0.3 is 19.4 Å². The molecule has 1 aliphatic heterocycles. The van der Waals surface area contributed by atoms with E-state index in [9.17, 15) is 12.8 Å². The molecule has 3 heterocycles. The Bertz CT molecular complexity index is 1260. The fourth-order valence-electron chi connectivity index (χ4n) is 4.26. The van der Waals surface area contributed by atoms with Gasteiger partial charge in [0.15, 0.2) is 27.2 Å². The van der Waals surface area contributed by atoms with Gasteiger partial charge in [0.05, 0.1) is 20.3 Å². The topological polar surface area (TPSA) is 97.4 Å². The number of nitrogens with zero attached hydrogens (tertiary/aromatic N) is 3. The van der Waals surface area contributed by atoms with Crippen LogP contribution < -0.4 is 9.64 Å². The zero-order valence-corrected chi connectivity index (χ0v) is 18.1. The average Bonchev–Trinajstić information content (AvgIpc) is 3.45. The first kappa shape index (κ1) is 20.2. The molecule has 0 atom stereocenters. The summed E-state index contributed by atoms with van der Waals surface area (Å²) in [6.45, 7) is 2.22. The molecule has 1 saturated carbocycles. The second kappa shape index (κ2) is 7.16. The molecule has 0 bridgehead atoms. The number of ether oxygens (including phenoxy) is 2. The third kappa shape index (κ3) is 3.25. The highest BCUT2D eigenvalue weighted by molar-refractivity contribution is 7.92. The molecule has 2 fully saturated rings. The summed E-state index contributed by atoms with van der Waals surface area (Å²) in [7, 11) is -1.96. The summed E-state index contributed by atoms with van der Waals surface area (Å²) in [4.78, 5) is 14.5. The van der Waals surface area contributed by atoms with Crippen LogP contribution in [0, 0.1) is 5.82 Å². The molecular formula is C21H23FN4O4S. The molecule has 164 valence electrons. The Morgan fingerprint density at radius 2 is 1.97 bits per heavy atom. The standard InChI is InChI=1S/C21H23FN4O4S/c1-29-17-18(21(4-5-21)31(2,27)28)24-19(25-20(17)26-7-9-30-10-8-26)15-11-13(22)12-16-14(15)3-6-23-16/h3,6,11-12,23H,4-5,7-10H2,1-2H3. The number of aromatic nitrogens is 3. The van der Waals surface area contributed by atoms with E-state index in [0.717, 1.165) is 5.39 Å². The highest BCUT2D eigenvalue weighted by atomic mass is 32.2. The number of morpholine rings is 1. The highest BCUT2D eigenvalue weighted by Gasteiger charge is 2.57. The van der Waals surface area contributed by atoms with Gasteiger partial charge in [-0.2, -0.15) is 0 Å². The van der Waals surface area contributed by atoms with Crippen LogP contribution in [-0.4, -0.2) is 63.0 Å². The van der Waals surface area contributed by atoms with E-state index in [4.69, 9.17) is 14.5 Å². The Morgan fingerprint density at radius 1 is 1.23 bits per heavy atom. The lowest BCUT2D eigenvalue weighted by Gasteiger charge is -2.30. The first-order valence-electron chi connectivity index (χ1n) is 10.1. The predicted molar refractivity (Wildman–Crippen MR) is 115 cm³/mol. The van der Waals surface area contributed by atoms with Crippen LogP contribution in [0.4, 0.5) is 10.2 Å². The SMILES string of the molecule is COc1c(N2CCOCC2)nc(-c2cc(F)cc3[nH]ccc23)nc1C1(S(C)(=O)=O)CC1. The Hall–Kier alpha value is -2.72. The van der Waals surface area contributed by atoms with E-state index in [-0.39, 0.29) is 5.82 Å². The van der Waals surface area contributed by atoms with Crippen molar-refractivity contribution in [2.75, 3.05) is 44.6 Å². The van der Waals surface area contributed by atoms with Crippen LogP contribution in [0.3, 0.4) is 0 Å². The molecule has 2 aliphatic rings. The van der Waals surface area contributed by atoms with E-state index < -0.39 is 20.4 Å². The van der Waals surface area contributed by atoms with Crippen LogP contribution in [-0.2, 0) is 19.3 Å². The van der Waals surface area contributed by atoms with E-state index in [2.05, 4.69) is 9.97 Å². The fraction of sp³-hybridized carbons (Fsp3) is 0.429. The summed E-state index contributed by atoms with van der Waals surface area (Å²) in [5.74, 6) is 0.711. The number of hydrogen-bond donors (Lipinski definition) is 1. The lowest BCUT2D eigenvalue weighted by atomic mass is 10.1. The van der Waals surface area contributed by atoms with Crippen molar-refractivity contribution in [3.8, 4) is 17.1 Å². The fourth-order valence-corrected chi connectivity index (χ4v) is 5.59. The molecular weight excluding hydrogens is 423 g/mol. The quantitative estimate of drug-likeness (QED) is 0.643. The van der Waals surface area contributed by atoms with E-state index in [1.54, 1.807) is 6.20 Å². The summed E-state index contributed by atoms with van der Waals surface area (Å²) in [5.41, 5.74) is 1.46. The van der Waals surface area contributed by atoms with Crippen LogP contribution in [0.1, 0.15) is 18.5 Å². The number of fused-ring (bicyclic) bond motifs is 1. The number of halogens is 1. The third-order valence-corrected chi connectivity index (χ3v) is 8.10. The minimum atomic E-state index is -3.46. The molecule has 31 heavy (non-hydrogen) atoms. The molecule has 0 unspecified atom stereocenters. The van der Waals surface area contributed by atoms with Gasteiger partial charge in [0.2, 0.25) is 0 Å². The van der Waals surface area contributed by atoms with Crippen molar-refractivity contribution in [1.29, 1.82) is 0 Å². The van der Waals surface area contributed by atoms with E-state index in [0.29, 0.717) is 67.5 Å². The number of aromatic amines is 1. The number of sulfone groups is 1. The summed E-state index contributed by atoms with van der Waals surface area (Å²) >= 11 is 0. The molecule has 2 aromatic heterocycles. The first-order chi connectivity index (χ1) is 14.8. The van der Waals surface area contributed by atoms with Crippen molar-refractivity contribution in [2.24, 2.45) is 0 Å². The number of anilines is 1. The second-order valence-electron chi connectivity index (χ2n) is 8.01. The van der Waals surface area contributed by atoms with Gasteiger partial charge in [-0.05, 0) is 31.0 Å². The van der Waals surface area contributed by atoms with Crippen molar-refractivity contribution in [2.45, 2.75) is 17.6 Å². The summed E-state index contributed by atoms with van der Waals surface area (Å²) in [5, 5.41) is 0.759. The van der Waals surface area contributed by atoms with Crippen molar-refractivity contribution in [3.63, 3.8) is 0 Å². The minimum absolute atomic E-state index is 0.274. The molecule has 1 aliphatic carbocycles. The number of H-pyrrole nitrogens is 1. The highest BCUT2D eigenvalue weighted by Crippen LogP contribution is 2.56. The summed E-state index contributed by atoms with van der Waals surface area (Å²) < 4.78 is 49.9. The normalized spacial score (nSPS) is 18.4. The van der Waals surface area contributed by atoms with E-state index in [1.807, 2.05) is 11.0 Å². The van der Waals surface area contributed by atoms with Crippen molar-refractivity contribution < 1.29 is 22.3 Å². The predicted octanol–water partition coefficient (Wildman–Crippen LogP) is 2.64. The number of rotatable bonds is 5. The van der Waals surface area contributed by atoms with Gasteiger partial charge in [-0.25, -0.2) is 22.8 Å². The second-order valence-corrected chi connectivity index (χ2v) is 10.3. The van der Waals surface area contributed by atoms with Gasteiger partial charge in [0, 0.05) is 42.0 Å². The minimum Gasteiger partial charge on any atom is -0.491 e. The lowest BCUT2D eigenvalue weighted by Crippen LogP contribution is -2.37. The number of methoxy groups -OCH3 is 1. The zero-order valence-electron chi connectivity index (χ0n) is 17.3. The maximum absolute atomic E-state index is 14.4. The molecule has 0 amide bonds. The molecule has 3 aromatic rings. The maximum Gasteiger partial charge on any atom is 0.184 e. The summed E-state index contributed by atoms with van der Waals surface area (Å²) in [6.07, 6.45) is 3.87. The largest absolute Gasteiger partial charge is 0.491 e. The molecule has 8 nitrogen and oxygen atoms in total. The van der Waals surface area contributed by atoms with Gasteiger partial charge in [-0.1, -0.05) is 0 Å². The van der Waals surface area contributed by atoms with Gasteiger partial charge in [0.25, 0.3) is 0 Å².